The lowest BCUT2D eigenvalue weighted by Gasteiger charge is -2.32. The molecular formula is C28H30F6N4O3. The van der Waals surface area contributed by atoms with Crippen molar-refractivity contribution in [1.82, 2.24) is 15.6 Å². The van der Waals surface area contributed by atoms with Gasteiger partial charge in [-0.05, 0) is 68.3 Å². The lowest BCUT2D eigenvalue weighted by Crippen LogP contribution is -2.43. The Labute approximate surface area is 232 Å². The normalized spacial score (nSPS) is 22.6. The summed E-state index contributed by atoms with van der Waals surface area (Å²) in [6.45, 7) is 0.601. The highest BCUT2D eigenvalue weighted by atomic mass is 19.4. The summed E-state index contributed by atoms with van der Waals surface area (Å²) in [6, 6.07) is 1.94. The van der Waals surface area contributed by atoms with Crippen molar-refractivity contribution in [3.8, 4) is 5.75 Å². The number of hydrogen-bond acceptors (Lipinski definition) is 5. The van der Waals surface area contributed by atoms with Crippen LogP contribution in [0.3, 0.4) is 0 Å². The van der Waals surface area contributed by atoms with E-state index in [9.17, 15) is 41.0 Å². The first-order valence-corrected chi connectivity index (χ1v) is 13.6. The molecule has 0 spiro atoms. The van der Waals surface area contributed by atoms with E-state index in [1.807, 2.05) is 0 Å². The fraction of sp³-hybridized carbons (Fsp3) is 0.536. The third-order valence-electron chi connectivity index (χ3n) is 8.33. The van der Waals surface area contributed by atoms with Crippen molar-refractivity contribution in [1.29, 1.82) is 0 Å². The van der Waals surface area contributed by atoms with Crippen molar-refractivity contribution in [3.63, 3.8) is 0 Å². The van der Waals surface area contributed by atoms with Gasteiger partial charge in [-0.15, -0.1) is 0 Å². The predicted octanol–water partition coefficient (Wildman–Crippen LogP) is 5.04. The summed E-state index contributed by atoms with van der Waals surface area (Å²) < 4.78 is 84.9. The summed E-state index contributed by atoms with van der Waals surface area (Å²) in [4.78, 5) is 30.3. The van der Waals surface area contributed by atoms with Gasteiger partial charge in [-0.3, -0.25) is 14.6 Å². The molecule has 2 saturated carbocycles. The molecule has 41 heavy (non-hydrogen) atoms. The summed E-state index contributed by atoms with van der Waals surface area (Å²) in [5.74, 6) is -7.61. The number of amides is 2. The third-order valence-corrected chi connectivity index (χ3v) is 8.33. The van der Waals surface area contributed by atoms with E-state index in [0.29, 0.717) is 13.0 Å². The molecule has 2 unspecified atom stereocenters. The highest BCUT2D eigenvalue weighted by Gasteiger charge is 2.65. The van der Waals surface area contributed by atoms with Gasteiger partial charge in [0.25, 0.3) is 0 Å². The van der Waals surface area contributed by atoms with Gasteiger partial charge in [-0.25, -0.2) is 13.2 Å². The minimum absolute atomic E-state index is 0.0668. The number of hydrogen-bond donors (Lipinski definition) is 4. The molecule has 1 saturated heterocycles. The number of halogens is 6. The van der Waals surface area contributed by atoms with Crippen LogP contribution in [0.2, 0.25) is 0 Å². The number of nitrogens with one attached hydrogen (secondary N) is 3. The van der Waals surface area contributed by atoms with Crippen LogP contribution in [0, 0.1) is 5.82 Å². The first-order valence-electron chi connectivity index (χ1n) is 13.6. The second-order valence-corrected chi connectivity index (χ2v) is 11.1. The molecule has 1 aromatic carbocycles. The Morgan fingerprint density at radius 1 is 1.07 bits per heavy atom. The van der Waals surface area contributed by atoms with Crippen molar-refractivity contribution in [3.05, 3.63) is 53.1 Å². The molecule has 1 aliphatic heterocycles. The Bertz CT molecular complexity index is 1310. The number of nitrogens with zero attached hydrogens (tertiary/aromatic N) is 1. The smallest absolute Gasteiger partial charge is 0.398 e. The fourth-order valence-electron chi connectivity index (χ4n) is 5.88. The van der Waals surface area contributed by atoms with E-state index in [2.05, 4.69) is 20.9 Å². The van der Waals surface area contributed by atoms with Gasteiger partial charge in [0, 0.05) is 30.6 Å². The maximum Gasteiger partial charge on any atom is 0.398 e. The Morgan fingerprint density at radius 3 is 2.37 bits per heavy atom. The van der Waals surface area contributed by atoms with Crippen LogP contribution in [0.25, 0.3) is 0 Å². The van der Waals surface area contributed by atoms with Gasteiger partial charge >= 0.3 is 6.18 Å². The Hall–Kier alpha value is -3.35. The van der Waals surface area contributed by atoms with E-state index in [-0.39, 0.29) is 42.5 Å². The number of phenolic OH excluding ortho intramolecular Hbond substituents is 1. The molecule has 0 bridgehead atoms. The van der Waals surface area contributed by atoms with Gasteiger partial charge in [0.1, 0.15) is 11.6 Å². The summed E-state index contributed by atoms with van der Waals surface area (Å²) in [5.41, 5.74) is -3.53. The summed E-state index contributed by atoms with van der Waals surface area (Å²) in [7, 11) is 0. The van der Waals surface area contributed by atoms with Gasteiger partial charge in [0.05, 0.1) is 29.3 Å². The van der Waals surface area contributed by atoms with E-state index in [4.69, 9.17) is 0 Å². The highest BCUT2D eigenvalue weighted by Crippen LogP contribution is 2.62. The minimum atomic E-state index is -4.73. The van der Waals surface area contributed by atoms with Crippen LogP contribution in [0.5, 0.6) is 5.75 Å². The van der Waals surface area contributed by atoms with Gasteiger partial charge in [-0.2, -0.15) is 13.2 Å². The number of aromatic hydroxyl groups is 1. The molecule has 2 aliphatic carbocycles. The predicted molar refractivity (Wildman–Crippen MR) is 136 cm³/mol. The van der Waals surface area contributed by atoms with Crippen LogP contribution in [-0.2, 0) is 15.0 Å². The van der Waals surface area contributed by atoms with E-state index < -0.39 is 77.3 Å². The number of alkyl halides is 5. The standard InChI is InChI=1S/C28H30F6N4O3/c29-16-12-15(13-35-14-16)21(25(41)37-17-5-7-27(30,31)8-6-17)22-18(26(9-10-26)28(32,33)34)3-4-19(23(22)39)38-24(40)20-2-1-11-36-20/h3-4,12-14,17,20-21,36,39H,1-2,5-11H2,(H,37,41)(H,38,40). The van der Waals surface area contributed by atoms with Crippen molar-refractivity contribution in [2.24, 2.45) is 0 Å². The summed E-state index contributed by atoms with van der Waals surface area (Å²) in [5, 5.41) is 19.6. The average Bonchev–Trinajstić information content (AvgIpc) is 3.54. The molecule has 4 N–H and O–H groups in total. The van der Waals surface area contributed by atoms with Crippen LogP contribution in [0.15, 0.2) is 30.6 Å². The number of benzene rings is 1. The zero-order valence-electron chi connectivity index (χ0n) is 22.0. The minimum Gasteiger partial charge on any atom is -0.505 e. The first-order chi connectivity index (χ1) is 19.3. The number of anilines is 1. The van der Waals surface area contributed by atoms with E-state index >= 15 is 0 Å². The number of carbonyl (C=O) groups is 2. The first kappa shape index (κ1) is 29.2. The number of aromatic nitrogens is 1. The van der Waals surface area contributed by atoms with E-state index in [0.717, 1.165) is 37.0 Å². The number of rotatable bonds is 7. The van der Waals surface area contributed by atoms with Crippen LogP contribution in [0.1, 0.15) is 74.0 Å². The lowest BCUT2D eigenvalue weighted by molar-refractivity contribution is -0.161. The second kappa shape index (κ2) is 10.8. The number of pyridine rings is 1. The van der Waals surface area contributed by atoms with Crippen LogP contribution in [-0.4, -0.2) is 52.6 Å². The number of carbonyl (C=O) groups excluding carboxylic acids is 2. The molecular weight excluding hydrogens is 554 g/mol. The van der Waals surface area contributed by atoms with Gasteiger partial charge in [0.2, 0.25) is 17.7 Å². The molecule has 7 nitrogen and oxygen atoms in total. The topological polar surface area (TPSA) is 103 Å². The van der Waals surface area contributed by atoms with Gasteiger partial charge in [0.15, 0.2) is 0 Å². The van der Waals surface area contributed by atoms with Crippen molar-refractivity contribution in [2.75, 3.05) is 11.9 Å². The molecule has 3 fully saturated rings. The molecule has 0 radical (unpaired) electrons. The maximum absolute atomic E-state index is 14.4. The molecule has 2 heterocycles. The quantitative estimate of drug-likeness (QED) is 0.270. The maximum atomic E-state index is 14.4. The van der Waals surface area contributed by atoms with Crippen LogP contribution in [0.4, 0.5) is 32.0 Å². The average molecular weight is 585 g/mol. The summed E-state index contributed by atoms with van der Waals surface area (Å²) >= 11 is 0. The molecule has 13 heteroatoms. The zero-order chi connectivity index (χ0) is 29.6. The molecule has 2 amide bonds. The Kier molecular flexibility index (Phi) is 7.68. The molecule has 222 valence electrons. The van der Waals surface area contributed by atoms with Gasteiger partial charge in [-0.1, -0.05) is 6.07 Å². The highest BCUT2D eigenvalue weighted by molar-refractivity contribution is 5.97. The zero-order valence-corrected chi connectivity index (χ0v) is 22.0. The van der Waals surface area contributed by atoms with Crippen molar-refractivity contribution >= 4 is 17.5 Å². The van der Waals surface area contributed by atoms with Crippen molar-refractivity contribution in [2.45, 2.75) is 86.9 Å². The summed E-state index contributed by atoms with van der Waals surface area (Å²) in [6.07, 6.45) is -3.20. The molecule has 2 aromatic rings. The Balaban J connectivity index is 1.60. The molecule has 5 rings (SSSR count). The molecule has 1 aromatic heterocycles. The second-order valence-electron chi connectivity index (χ2n) is 11.1. The monoisotopic (exact) mass is 584 g/mol. The SMILES string of the molecule is O=C(Nc1ccc(C2(C(F)(F)F)CC2)c(C(C(=O)NC2CCC(F)(F)CC2)c2cncc(F)c2)c1O)C1CCCN1. The lowest BCUT2D eigenvalue weighted by atomic mass is 9.80. The van der Waals surface area contributed by atoms with E-state index in [1.54, 1.807) is 0 Å². The van der Waals surface area contributed by atoms with Crippen molar-refractivity contribution < 1.29 is 41.0 Å². The van der Waals surface area contributed by atoms with Crippen LogP contribution < -0.4 is 16.0 Å². The van der Waals surface area contributed by atoms with E-state index in [1.165, 1.54) is 0 Å². The van der Waals surface area contributed by atoms with Gasteiger partial charge < -0.3 is 21.1 Å². The van der Waals surface area contributed by atoms with Crippen LogP contribution >= 0.6 is 0 Å². The third kappa shape index (κ3) is 5.86. The number of phenols is 1. The largest absolute Gasteiger partial charge is 0.505 e. The molecule has 3 aliphatic rings. The molecule has 2 atom stereocenters. The fourth-order valence-corrected chi connectivity index (χ4v) is 5.88. The Morgan fingerprint density at radius 2 is 1.78 bits per heavy atom.